The molecule has 1 amide bonds. The third-order valence-electron chi connectivity index (χ3n) is 4.18. The van der Waals surface area contributed by atoms with Gasteiger partial charge in [0.05, 0.1) is 12.0 Å². The highest BCUT2D eigenvalue weighted by molar-refractivity contribution is 7.92. The topological polar surface area (TPSA) is 93.7 Å². The van der Waals surface area contributed by atoms with Crippen LogP contribution in [-0.4, -0.2) is 27.5 Å². The summed E-state index contributed by atoms with van der Waals surface area (Å²) in [6, 6.07) is 21.5. The summed E-state index contributed by atoms with van der Waals surface area (Å²) in [6.07, 6.45) is -0.764. The normalized spacial score (nSPS) is 11.9. The third-order valence-corrected chi connectivity index (χ3v) is 5.58. The number of ether oxygens (including phenoxy) is 2. The first-order chi connectivity index (χ1) is 14.4. The predicted octanol–water partition coefficient (Wildman–Crippen LogP) is 3.90. The monoisotopic (exact) mass is 426 g/mol. The van der Waals surface area contributed by atoms with Gasteiger partial charge in [0.25, 0.3) is 15.9 Å². The van der Waals surface area contributed by atoms with Crippen molar-refractivity contribution < 1.29 is 22.7 Å². The van der Waals surface area contributed by atoms with Crippen molar-refractivity contribution in [1.82, 2.24) is 0 Å². The van der Waals surface area contributed by atoms with Crippen LogP contribution in [0.3, 0.4) is 0 Å². The Morgan fingerprint density at radius 1 is 0.867 bits per heavy atom. The molecular formula is C22H22N2O5S. The van der Waals surface area contributed by atoms with Crippen LogP contribution in [0.1, 0.15) is 6.92 Å². The molecule has 0 bridgehead atoms. The lowest BCUT2D eigenvalue weighted by atomic mass is 10.3. The average Bonchev–Trinajstić information content (AvgIpc) is 2.74. The summed E-state index contributed by atoms with van der Waals surface area (Å²) in [6.45, 7) is 1.62. The Balaban J connectivity index is 1.62. The maximum Gasteiger partial charge on any atom is 0.265 e. The number of para-hydroxylation sites is 1. The van der Waals surface area contributed by atoms with E-state index >= 15 is 0 Å². The summed E-state index contributed by atoms with van der Waals surface area (Å²) >= 11 is 0. The molecule has 8 heteroatoms. The van der Waals surface area contributed by atoms with Gasteiger partial charge in [-0.1, -0.05) is 24.3 Å². The number of benzene rings is 3. The Morgan fingerprint density at radius 3 is 2.20 bits per heavy atom. The number of rotatable bonds is 8. The van der Waals surface area contributed by atoms with E-state index in [2.05, 4.69) is 10.0 Å². The van der Waals surface area contributed by atoms with Crippen LogP contribution < -0.4 is 19.5 Å². The highest BCUT2D eigenvalue weighted by Gasteiger charge is 2.17. The van der Waals surface area contributed by atoms with Crippen molar-refractivity contribution in [3.63, 3.8) is 0 Å². The molecule has 156 valence electrons. The van der Waals surface area contributed by atoms with Crippen LogP contribution in [-0.2, 0) is 14.8 Å². The van der Waals surface area contributed by atoms with Gasteiger partial charge in [-0.05, 0) is 55.5 Å². The maximum absolute atomic E-state index is 12.5. The van der Waals surface area contributed by atoms with E-state index in [1.54, 1.807) is 68.6 Å². The summed E-state index contributed by atoms with van der Waals surface area (Å²) < 4.78 is 38.2. The fraction of sp³-hybridized carbons (Fsp3) is 0.136. The first-order valence-electron chi connectivity index (χ1n) is 9.17. The van der Waals surface area contributed by atoms with E-state index in [9.17, 15) is 13.2 Å². The molecule has 0 saturated heterocycles. The van der Waals surface area contributed by atoms with Crippen LogP contribution in [0, 0.1) is 0 Å². The summed E-state index contributed by atoms with van der Waals surface area (Å²) in [7, 11) is -2.17. The molecule has 0 spiro atoms. The van der Waals surface area contributed by atoms with Crippen molar-refractivity contribution in [2.45, 2.75) is 17.9 Å². The fourth-order valence-electron chi connectivity index (χ4n) is 2.61. The summed E-state index contributed by atoms with van der Waals surface area (Å²) in [5.74, 6) is 0.766. The van der Waals surface area contributed by atoms with Gasteiger partial charge >= 0.3 is 0 Å². The molecule has 0 unspecified atom stereocenters. The summed E-state index contributed by atoms with van der Waals surface area (Å²) in [5.41, 5.74) is 0.929. The zero-order chi connectivity index (χ0) is 21.6. The molecule has 0 aliphatic rings. The predicted molar refractivity (Wildman–Crippen MR) is 115 cm³/mol. The van der Waals surface area contributed by atoms with Crippen molar-refractivity contribution in [2.75, 3.05) is 17.1 Å². The second-order valence-corrected chi connectivity index (χ2v) is 8.11. The largest absolute Gasteiger partial charge is 0.497 e. The Hall–Kier alpha value is -3.52. The minimum absolute atomic E-state index is 0.0880. The molecule has 1 atom stereocenters. The van der Waals surface area contributed by atoms with Gasteiger partial charge in [0, 0.05) is 17.4 Å². The standard InChI is InChI=1S/C22H22N2O5S/c1-16(29-20-10-6-9-19(15-20)28-2)22(25)23-17-11-13-21(14-12-17)30(26,27)24-18-7-4-3-5-8-18/h3-16,24H,1-2H3,(H,23,25)/t16-/m0/s1. The molecule has 0 aliphatic heterocycles. The molecule has 7 nitrogen and oxygen atoms in total. The number of methoxy groups -OCH3 is 1. The van der Waals surface area contributed by atoms with E-state index in [1.165, 1.54) is 24.3 Å². The molecule has 0 radical (unpaired) electrons. The lowest BCUT2D eigenvalue weighted by molar-refractivity contribution is -0.122. The molecule has 3 aromatic rings. The van der Waals surface area contributed by atoms with E-state index in [0.29, 0.717) is 22.9 Å². The van der Waals surface area contributed by atoms with Crippen molar-refractivity contribution in [1.29, 1.82) is 0 Å². The lowest BCUT2D eigenvalue weighted by Crippen LogP contribution is -2.30. The van der Waals surface area contributed by atoms with Crippen LogP contribution in [0.15, 0.2) is 83.8 Å². The number of anilines is 2. The highest BCUT2D eigenvalue weighted by atomic mass is 32.2. The Morgan fingerprint density at radius 2 is 1.53 bits per heavy atom. The minimum atomic E-state index is -3.72. The number of sulfonamides is 1. The van der Waals surface area contributed by atoms with E-state index in [4.69, 9.17) is 9.47 Å². The maximum atomic E-state index is 12.5. The van der Waals surface area contributed by atoms with E-state index in [-0.39, 0.29) is 10.8 Å². The van der Waals surface area contributed by atoms with E-state index in [1.807, 2.05) is 0 Å². The quantitative estimate of drug-likeness (QED) is 0.570. The Kier molecular flexibility index (Phi) is 6.58. The van der Waals surface area contributed by atoms with Gasteiger partial charge in [0.2, 0.25) is 0 Å². The molecule has 0 heterocycles. The first-order valence-corrected chi connectivity index (χ1v) is 10.7. The van der Waals surface area contributed by atoms with Gasteiger partial charge in [0.15, 0.2) is 6.10 Å². The Labute approximate surface area is 175 Å². The zero-order valence-electron chi connectivity index (χ0n) is 16.5. The van der Waals surface area contributed by atoms with E-state index in [0.717, 1.165) is 0 Å². The van der Waals surface area contributed by atoms with Gasteiger partial charge in [-0.3, -0.25) is 9.52 Å². The number of hydrogen-bond donors (Lipinski definition) is 2. The molecule has 0 saturated carbocycles. The Bertz CT molecular complexity index is 1100. The zero-order valence-corrected chi connectivity index (χ0v) is 17.3. The molecule has 0 aliphatic carbocycles. The second kappa shape index (κ2) is 9.32. The third kappa shape index (κ3) is 5.51. The molecule has 0 aromatic heterocycles. The van der Waals surface area contributed by atoms with Crippen LogP contribution in [0.2, 0.25) is 0 Å². The molecule has 2 N–H and O–H groups in total. The molecule has 3 aromatic carbocycles. The molecule has 3 rings (SSSR count). The number of amides is 1. The number of carbonyl (C=O) groups excluding carboxylic acids is 1. The van der Waals surface area contributed by atoms with Crippen LogP contribution >= 0.6 is 0 Å². The fourth-order valence-corrected chi connectivity index (χ4v) is 3.67. The van der Waals surface area contributed by atoms with Gasteiger partial charge in [-0.25, -0.2) is 8.42 Å². The molecule has 30 heavy (non-hydrogen) atoms. The van der Waals surface area contributed by atoms with Crippen molar-refractivity contribution >= 4 is 27.3 Å². The van der Waals surface area contributed by atoms with Gasteiger partial charge in [-0.2, -0.15) is 0 Å². The van der Waals surface area contributed by atoms with Gasteiger partial charge < -0.3 is 14.8 Å². The van der Waals surface area contributed by atoms with Crippen LogP contribution in [0.25, 0.3) is 0 Å². The smallest absolute Gasteiger partial charge is 0.265 e. The van der Waals surface area contributed by atoms with Crippen LogP contribution in [0.5, 0.6) is 11.5 Å². The first kappa shape index (κ1) is 21.2. The number of nitrogens with one attached hydrogen (secondary N) is 2. The van der Waals surface area contributed by atoms with Crippen molar-refractivity contribution in [3.8, 4) is 11.5 Å². The van der Waals surface area contributed by atoms with Crippen LogP contribution in [0.4, 0.5) is 11.4 Å². The SMILES string of the molecule is COc1cccc(O[C@@H](C)C(=O)Nc2ccc(S(=O)(=O)Nc3ccccc3)cc2)c1. The van der Waals surface area contributed by atoms with Crippen molar-refractivity contribution in [2.24, 2.45) is 0 Å². The van der Waals surface area contributed by atoms with E-state index < -0.39 is 16.1 Å². The number of hydrogen-bond acceptors (Lipinski definition) is 5. The van der Waals surface area contributed by atoms with Gasteiger partial charge in [0.1, 0.15) is 11.5 Å². The lowest BCUT2D eigenvalue weighted by Gasteiger charge is -2.15. The molecule has 0 fully saturated rings. The van der Waals surface area contributed by atoms with Crippen molar-refractivity contribution in [3.05, 3.63) is 78.9 Å². The summed E-state index contributed by atoms with van der Waals surface area (Å²) in [5, 5.41) is 2.71. The average molecular weight is 426 g/mol. The molecular weight excluding hydrogens is 404 g/mol. The highest BCUT2D eigenvalue weighted by Crippen LogP contribution is 2.21. The van der Waals surface area contributed by atoms with Gasteiger partial charge in [-0.15, -0.1) is 0 Å². The number of carbonyl (C=O) groups is 1. The second-order valence-electron chi connectivity index (χ2n) is 6.42. The summed E-state index contributed by atoms with van der Waals surface area (Å²) in [4.78, 5) is 12.5. The minimum Gasteiger partial charge on any atom is -0.497 e.